The van der Waals surface area contributed by atoms with E-state index in [-0.39, 0.29) is 10.8 Å². The summed E-state index contributed by atoms with van der Waals surface area (Å²) >= 11 is 0. The lowest BCUT2D eigenvalue weighted by Crippen LogP contribution is -2.14. The summed E-state index contributed by atoms with van der Waals surface area (Å²) in [5.74, 6) is 0. The van der Waals surface area contributed by atoms with E-state index in [1.807, 2.05) is 6.07 Å². The maximum absolute atomic E-state index is 6.66. The lowest BCUT2D eigenvalue weighted by molar-refractivity contribution is 0.660. The van der Waals surface area contributed by atoms with Crippen molar-refractivity contribution in [1.29, 1.82) is 0 Å². The predicted octanol–water partition coefficient (Wildman–Crippen LogP) is 32.1. The van der Waals surface area contributed by atoms with Gasteiger partial charge in [-0.05, 0) is 244 Å². The zero-order valence-corrected chi connectivity index (χ0v) is 66.1. The Bertz CT molecular complexity index is 7150. The van der Waals surface area contributed by atoms with E-state index in [0.717, 1.165) is 106 Å². The molecule has 18 aromatic carbocycles. The largest absolute Gasteiger partial charge is 0.455 e. The van der Waals surface area contributed by atoms with Crippen molar-refractivity contribution in [1.82, 2.24) is 0 Å². The fourth-order valence-corrected chi connectivity index (χ4v) is 18.4. The molecule has 22 rings (SSSR count). The van der Waals surface area contributed by atoms with Crippen LogP contribution in [0.1, 0.15) is 49.9 Å². The van der Waals surface area contributed by atoms with Gasteiger partial charge in [0.2, 0.25) is 0 Å². The number of para-hydroxylation sites is 4. The minimum absolute atomic E-state index is 0.0887. The third kappa shape index (κ3) is 12.7. The van der Waals surface area contributed by atoms with Crippen molar-refractivity contribution in [2.45, 2.75) is 38.5 Å². The van der Waals surface area contributed by atoms with Gasteiger partial charge in [0.1, 0.15) is 22.3 Å². The first-order valence-corrected chi connectivity index (χ1v) is 40.8. The summed E-state index contributed by atoms with van der Waals surface area (Å²) in [5.41, 5.74) is 39.7. The third-order valence-electron chi connectivity index (χ3n) is 24.6. The van der Waals surface area contributed by atoms with E-state index in [2.05, 4.69) is 456 Å². The molecule has 0 unspecified atom stereocenters. The summed E-state index contributed by atoms with van der Waals surface area (Å²) in [5, 5.41) is 4.52. The number of furan rings is 2. The van der Waals surface area contributed by atoms with E-state index < -0.39 is 0 Å². The third-order valence-corrected chi connectivity index (χ3v) is 24.6. The molecule has 4 heteroatoms. The Labute approximate surface area is 688 Å². The summed E-state index contributed by atoms with van der Waals surface area (Å²) in [6, 6.07) is 153. The van der Waals surface area contributed by atoms with Crippen molar-refractivity contribution < 1.29 is 8.83 Å². The molecule has 0 fully saturated rings. The van der Waals surface area contributed by atoms with E-state index in [4.69, 9.17) is 8.83 Å². The summed E-state index contributed by atoms with van der Waals surface area (Å²) < 4.78 is 13.3. The summed E-state index contributed by atoms with van der Waals surface area (Å²) in [7, 11) is 0. The smallest absolute Gasteiger partial charge is 0.143 e. The SMILES string of the molecule is CC1(C)c2ccccc2-c2ccc(-c3cc(-c4ccc(-c5ccc(N(c6ccccc6)c6ccc(-c7ccccc7)cc6)cc5)cc4)cc4c3oc3ccccc34)cc21.CC1(C)c2ccccc2-c2ccc(-c3cc(-c4ccc(N(c5ccccc5)c5ccc(-c6ccc(-c7ccccc7)cc6)cc5)cc4)cc4c3oc3ccccc34)cc21. The molecule has 0 amide bonds. The molecule has 0 atom stereocenters. The fraction of sp³-hybridized carbons (Fsp3) is 0.0526. The average molecular weight is 1510 g/mol. The standard InChI is InChI=1S/2C57H41NO/c1-57(2)53-19-11-9-17-48(53)49-34-29-43(37-54(49)57)51-35-44(36-52-50-18-10-12-20-55(50)59-56(51)52)42-23-21-39(22-24-42)41-27-32-47(33-28-41)58(45-15-7-4-8-16-45)46-30-25-40(26-31-46)38-13-5-3-6-14-38;1-57(2)53-19-11-9-17-48(53)49-34-29-43(37-54(49)57)51-35-44(36-52-50-18-10-12-20-55(50)59-56(51)52)42-27-32-47(33-28-42)58(45-15-7-4-8-16-45)46-30-25-41(26-31-46)40-23-21-39(22-24-40)38-13-5-3-6-14-38/h2*3-37H,1-2H3. The van der Waals surface area contributed by atoms with Gasteiger partial charge < -0.3 is 18.6 Å². The predicted molar refractivity (Wildman–Crippen MR) is 495 cm³/mol. The van der Waals surface area contributed by atoms with Crippen molar-refractivity contribution in [3.05, 3.63) is 447 Å². The van der Waals surface area contributed by atoms with Crippen LogP contribution in [0.25, 0.3) is 155 Å². The number of benzene rings is 18. The Balaban J connectivity index is 0.000000147. The van der Waals surface area contributed by atoms with E-state index >= 15 is 0 Å². The summed E-state index contributed by atoms with van der Waals surface area (Å²) in [6.45, 7) is 9.36. The molecule has 0 N–H and O–H groups in total. The van der Waals surface area contributed by atoms with Crippen LogP contribution in [0.4, 0.5) is 34.1 Å². The van der Waals surface area contributed by atoms with Crippen LogP contribution in [0.15, 0.2) is 433 Å². The van der Waals surface area contributed by atoms with Crippen LogP contribution < -0.4 is 9.80 Å². The summed E-state index contributed by atoms with van der Waals surface area (Å²) in [4.78, 5) is 4.64. The van der Waals surface area contributed by atoms with Crippen molar-refractivity contribution in [3.63, 3.8) is 0 Å². The van der Waals surface area contributed by atoms with Crippen LogP contribution in [0.2, 0.25) is 0 Å². The van der Waals surface area contributed by atoms with Gasteiger partial charge >= 0.3 is 0 Å². The Morgan fingerprint density at radius 3 is 0.754 bits per heavy atom. The highest BCUT2D eigenvalue weighted by Gasteiger charge is 2.37. The topological polar surface area (TPSA) is 32.8 Å². The highest BCUT2D eigenvalue weighted by atomic mass is 16.3. The van der Waals surface area contributed by atoms with Gasteiger partial charge in [-0.2, -0.15) is 0 Å². The second kappa shape index (κ2) is 29.2. The number of hydrogen-bond acceptors (Lipinski definition) is 4. The molecule has 2 aromatic heterocycles. The maximum Gasteiger partial charge on any atom is 0.143 e. The number of fused-ring (bicyclic) bond motifs is 12. The number of hydrogen-bond donors (Lipinski definition) is 0. The second-order valence-corrected chi connectivity index (χ2v) is 32.3. The van der Waals surface area contributed by atoms with Crippen LogP contribution in [0.3, 0.4) is 0 Å². The van der Waals surface area contributed by atoms with Crippen LogP contribution in [-0.2, 0) is 10.8 Å². The second-order valence-electron chi connectivity index (χ2n) is 32.3. The molecule has 0 aliphatic heterocycles. The monoisotopic (exact) mass is 1510 g/mol. The molecule has 4 nitrogen and oxygen atoms in total. The van der Waals surface area contributed by atoms with Crippen molar-refractivity contribution in [2.75, 3.05) is 9.80 Å². The molecule has 20 aromatic rings. The molecule has 0 bridgehead atoms. The van der Waals surface area contributed by atoms with Crippen molar-refractivity contribution in [3.8, 4) is 111 Å². The van der Waals surface area contributed by atoms with Crippen LogP contribution in [0, 0.1) is 0 Å². The molecular formula is C114H82N2O2. The zero-order valence-electron chi connectivity index (χ0n) is 66.1. The highest BCUT2D eigenvalue weighted by Crippen LogP contribution is 2.54. The van der Waals surface area contributed by atoms with Gasteiger partial charge in [0, 0.05) is 77.6 Å². The Morgan fingerprint density at radius 2 is 0.415 bits per heavy atom. The zero-order chi connectivity index (χ0) is 79.0. The van der Waals surface area contributed by atoms with E-state index in [9.17, 15) is 0 Å². The number of anilines is 6. The van der Waals surface area contributed by atoms with Gasteiger partial charge in [-0.25, -0.2) is 0 Å². The lowest BCUT2D eigenvalue weighted by atomic mass is 9.81. The number of nitrogens with zero attached hydrogens (tertiary/aromatic N) is 2. The first kappa shape index (κ1) is 71.0. The Hall–Kier alpha value is -14.8. The molecule has 0 radical (unpaired) electrons. The lowest BCUT2D eigenvalue weighted by Gasteiger charge is -2.26. The van der Waals surface area contributed by atoms with Gasteiger partial charge in [-0.3, -0.25) is 0 Å². The normalized spacial score (nSPS) is 12.7. The first-order valence-electron chi connectivity index (χ1n) is 40.8. The van der Waals surface area contributed by atoms with Gasteiger partial charge in [-0.15, -0.1) is 0 Å². The molecule has 2 aliphatic rings. The van der Waals surface area contributed by atoms with Crippen LogP contribution >= 0.6 is 0 Å². The maximum atomic E-state index is 6.66. The summed E-state index contributed by atoms with van der Waals surface area (Å²) in [6.07, 6.45) is 0. The minimum Gasteiger partial charge on any atom is -0.455 e. The highest BCUT2D eigenvalue weighted by molar-refractivity contribution is 6.13. The van der Waals surface area contributed by atoms with Gasteiger partial charge in [0.05, 0.1) is 0 Å². The Morgan fingerprint density at radius 1 is 0.169 bits per heavy atom. The molecule has 2 heterocycles. The molecule has 0 saturated carbocycles. The Kier molecular flexibility index (Phi) is 17.6. The average Bonchev–Trinajstić information content (AvgIpc) is 1.56. The fourth-order valence-electron chi connectivity index (χ4n) is 18.4. The van der Waals surface area contributed by atoms with E-state index in [1.165, 1.54) is 106 Å². The van der Waals surface area contributed by atoms with Gasteiger partial charge in [-0.1, -0.05) is 331 Å². The van der Waals surface area contributed by atoms with E-state index in [1.54, 1.807) is 0 Å². The van der Waals surface area contributed by atoms with Gasteiger partial charge in [0.15, 0.2) is 0 Å². The minimum atomic E-state index is -0.0958. The van der Waals surface area contributed by atoms with Crippen molar-refractivity contribution >= 4 is 78.0 Å². The quantitative estimate of drug-likeness (QED) is 0.109. The van der Waals surface area contributed by atoms with Crippen molar-refractivity contribution in [2.24, 2.45) is 0 Å². The molecule has 2 aliphatic carbocycles. The number of rotatable bonds is 14. The molecular weight excluding hydrogens is 1430 g/mol. The van der Waals surface area contributed by atoms with Crippen LogP contribution in [0.5, 0.6) is 0 Å². The first-order chi connectivity index (χ1) is 58.0. The van der Waals surface area contributed by atoms with Crippen LogP contribution in [-0.4, -0.2) is 0 Å². The van der Waals surface area contributed by atoms with Gasteiger partial charge in [0.25, 0.3) is 0 Å². The molecule has 118 heavy (non-hydrogen) atoms. The van der Waals surface area contributed by atoms with E-state index in [0.29, 0.717) is 0 Å². The molecule has 560 valence electrons. The molecule has 0 saturated heterocycles. The molecule has 0 spiro atoms.